The predicted molar refractivity (Wildman–Crippen MR) is 85.7 cm³/mol. The first kappa shape index (κ1) is 14.6. The lowest BCUT2D eigenvalue weighted by Crippen LogP contribution is -2.28. The molecule has 0 aliphatic carbocycles. The topological polar surface area (TPSA) is 29.3 Å². The van der Waals surface area contributed by atoms with Gasteiger partial charge in [-0.05, 0) is 24.6 Å². The Hall–Kier alpha value is -0.810. The highest BCUT2D eigenvalue weighted by Gasteiger charge is 2.24. The van der Waals surface area contributed by atoms with Crippen LogP contribution in [0.25, 0.3) is 0 Å². The zero-order chi connectivity index (χ0) is 14.0. The second-order valence-corrected chi connectivity index (χ2v) is 7.62. The molecule has 1 heterocycles. The van der Waals surface area contributed by atoms with E-state index >= 15 is 0 Å². The SMILES string of the molecule is CC1(C)CCN(c2ccc(C(N)=S)cc2F)CCS1. The molecular weight excluding hydrogens is 279 g/mol. The molecule has 1 aliphatic heterocycles. The van der Waals surface area contributed by atoms with Crippen molar-refractivity contribution in [1.82, 2.24) is 0 Å². The highest BCUT2D eigenvalue weighted by atomic mass is 32.2. The van der Waals surface area contributed by atoms with Crippen molar-refractivity contribution in [3.05, 3.63) is 29.6 Å². The monoisotopic (exact) mass is 298 g/mol. The second kappa shape index (κ2) is 5.67. The van der Waals surface area contributed by atoms with Crippen molar-refractivity contribution in [2.24, 2.45) is 5.73 Å². The van der Waals surface area contributed by atoms with Gasteiger partial charge < -0.3 is 10.6 Å². The molecule has 19 heavy (non-hydrogen) atoms. The number of hydrogen-bond donors (Lipinski definition) is 1. The average Bonchev–Trinajstić information content (AvgIpc) is 2.50. The second-order valence-electron chi connectivity index (χ2n) is 5.38. The van der Waals surface area contributed by atoms with Crippen LogP contribution in [-0.4, -0.2) is 28.6 Å². The molecule has 1 aliphatic rings. The van der Waals surface area contributed by atoms with E-state index in [1.54, 1.807) is 12.1 Å². The van der Waals surface area contributed by atoms with E-state index in [1.807, 2.05) is 11.8 Å². The Morgan fingerprint density at radius 1 is 1.42 bits per heavy atom. The first-order valence-electron chi connectivity index (χ1n) is 6.37. The van der Waals surface area contributed by atoms with Crippen molar-refractivity contribution in [1.29, 1.82) is 0 Å². The molecule has 1 aromatic carbocycles. The highest BCUT2D eigenvalue weighted by molar-refractivity contribution is 8.00. The summed E-state index contributed by atoms with van der Waals surface area (Å²) in [6, 6.07) is 5.01. The number of anilines is 1. The number of halogens is 1. The summed E-state index contributed by atoms with van der Waals surface area (Å²) in [5.41, 5.74) is 6.75. The Morgan fingerprint density at radius 3 is 2.79 bits per heavy atom. The summed E-state index contributed by atoms with van der Waals surface area (Å²) in [5, 5.41) is 0. The van der Waals surface area contributed by atoms with Crippen LogP contribution < -0.4 is 10.6 Å². The van der Waals surface area contributed by atoms with Gasteiger partial charge in [-0.2, -0.15) is 11.8 Å². The largest absolute Gasteiger partial charge is 0.389 e. The fourth-order valence-corrected chi connectivity index (χ4v) is 3.40. The Bertz CT molecular complexity index is 488. The van der Waals surface area contributed by atoms with Crippen LogP contribution in [0.3, 0.4) is 0 Å². The van der Waals surface area contributed by atoms with Crippen LogP contribution in [0.4, 0.5) is 10.1 Å². The molecule has 0 unspecified atom stereocenters. The zero-order valence-corrected chi connectivity index (χ0v) is 12.9. The maximum atomic E-state index is 14.2. The molecule has 2 N–H and O–H groups in total. The molecule has 0 amide bonds. The molecule has 0 spiro atoms. The fourth-order valence-electron chi connectivity index (χ4n) is 2.18. The molecule has 1 aromatic rings. The normalized spacial score (nSPS) is 19.0. The van der Waals surface area contributed by atoms with Crippen LogP contribution >= 0.6 is 24.0 Å². The van der Waals surface area contributed by atoms with Crippen molar-refractivity contribution in [3.63, 3.8) is 0 Å². The molecule has 5 heteroatoms. The lowest BCUT2D eigenvalue weighted by molar-refractivity contribution is 0.602. The van der Waals surface area contributed by atoms with Gasteiger partial charge in [0.05, 0.1) is 5.69 Å². The number of hydrogen-bond acceptors (Lipinski definition) is 3. The van der Waals surface area contributed by atoms with Gasteiger partial charge in [-0.3, -0.25) is 0 Å². The van der Waals surface area contributed by atoms with Crippen LogP contribution in [0, 0.1) is 5.82 Å². The number of thioether (sulfide) groups is 1. The van der Waals surface area contributed by atoms with E-state index in [0.29, 0.717) is 11.3 Å². The first-order chi connectivity index (χ1) is 8.89. The van der Waals surface area contributed by atoms with E-state index in [-0.39, 0.29) is 15.6 Å². The summed E-state index contributed by atoms with van der Waals surface area (Å²) < 4.78 is 14.4. The summed E-state index contributed by atoms with van der Waals surface area (Å²) in [7, 11) is 0. The summed E-state index contributed by atoms with van der Waals surface area (Å²) in [5.74, 6) is 0.777. The van der Waals surface area contributed by atoms with Crippen molar-refractivity contribution in [3.8, 4) is 0 Å². The van der Waals surface area contributed by atoms with Crippen LogP contribution in [0.15, 0.2) is 18.2 Å². The molecule has 2 nitrogen and oxygen atoms in total. The Labute approximate surface area is 123 Å². The maximum absolute atomic E-state index is 14.2. The van der Waals surface area contributed by atoms with Crippen molar-refractivity contribution in [2.75, 3.05) is 23.7 Å². The van der Waals surface area contributed by atoms with Gasteiger partial charge in [-0.15, -0.1) is 0 Å². The van der Waals surface area contributed by atoms with E-state index in [2.05, 4.69) is 18.7 Å². The van der Waals surface area contributed by atoms with Gasteiger partial charge >= 0.3 is 0 Å². The standard InChI is InChI=1S/C14H19FN2S2/c1-14(2)5-6-17(7-8-19-14)12-4-3-10(13(16)18)9-11(12)15/h3-4,9H,5-8H2,1-2H3,(H2,16,18). The van der Waals surface area contributed by atoms with Crippen LogP contribution in [0.2, 0.25) is 0 Å². The van der Waals surface area contributed by atoms with Crippen molar-refractivity contribution in [2.45, 2.75) is 25.0 Å². The molecule has 2 rings (SSSR count). The van der Waals surface area contributed by atoms with E-state index in [0.717, 1.165) is 25.3 Å². The molecule has 0 radical (unpaired) electrons. The fraction of sp³-hybridized carbons (Fsp3) is 0.500. The van der Waals surface area contributed by atoms with E-state index in [4.69, 9.17) is 18.0 Å². The van der Waals surface area contributed by atoms with Gasteiger partial charge in [0.25, 0.3) is 0 Å². The summed E-state index contributed by atoms with van der Waals surface area (Å²) in [6.45, 7) is 6.24. The molecule has 104 valence electrons. The quantitative estimate of drug-likeness (QED) is 0.849. The summed E-state index contributed by atoms with van der Waals surface area (Å²) in [4.78, 5) is 2.35. The van der Waals surface area contributed by atoms with Gasteiger partial charge in [0.2, 0.25) is 0 Å². The number of thiocarbonyl (C=S) groups is 1. The minimum atomic E-state index is -0.241. The molecular formula is C14H19FN2S2. The van der Waals surface area contributed by atoms with Crippen LogP contribution in [0.1, 0.15) is 25.8 Å². The molecule has 0 aromatic heterocycles. The number of nitrogens with zero attached hydrogens (tertiary/aromatic N) is 1. The number of nitrogens with two attached hydrogens (primary N) is 1. The minimum absolute atomic E-state index is 0.234. The third kappa shape index (κ3) is 3.60. The third-order valence-electron chi connectivity index (χ3n) is 3.41. The Morgan fingerprint density at radius 2 is 2.16 bits per heavy atom. The number of rotatable bonds is 2. The highest BCUT2D eigenvalue weighted by Crippen LogP contribution is 2.33. The zero-order valence-electron chi connectivity index (χ0n) is 11.3. The molecule has 0 bridgehead atoms. The molecule has 0 saturated carbocycles. The van der Waals surface area contributed by atoms with E-state index < -0.39 is 0 Å². The first-order valence-corrected chi connectivity index (χ1v) is 7.77. The predicted octanol–water partition coefficient (Wildman–Crippen LogP) is 3.18. The van der Waals surface area contributed by atoms with Crippen molar-refractivity contribution >= 4 is 34.7 Å². The van der Waals surface area contributed by atoms with Gasteiger partial charge in [0, 0.05) is 29.2 Å². The summed E-state index contributed by atoms with van der Waals surface area (Å²) >= 11 is 6.82. The minimum Gasteiger partial charge on any atom is -0.389 e. The summed E-state index contributed by atoms with van der Waals surface area (Å²) in [6.07, 6.45) is 1.05. The molecule has 1 fully saturated rings. The Kier molecular flexibility index (Phi) is 4.36. The third-order valence-corrected chi connectivity index (χ3v) is 5.02. The van der Waals surface area contributed by atoms with Crippen molar-refractivity contribution < 1.29 is 4.39 Å². The van der Waals surface area contributed by atoms with E-state index in [9.17, 15) is 4.39 Å². The lowest BCUT2D eigenvalue weighted by atomic mass is 10.1. The molecule has 0 atom stereocenters. The number of benzene rings is 1. The van der Waals surface area contributed by atoms with E-state index in [1.165, 1.54) is 6.07 Å². The lowest BCUT2D eigenvalue weighted by Gasteiger charge is -2.24. The Balaban J connectivity index is 2.20. The molecule has 1 saturated heterocycles. The maximum Gasteiger partial charge on any atom is 0.147 e. The smallest absolute Gasteiger partial charge is 0.147 e. The van der Waals surface area contributed by atoms with Gasteiger partial charge in [0.15, 0.2) is 0 Å². The van der Waals surface area contributed by atoms with Gasteiger partial charge in [-0.1, -0.05) is 26.1 Å². The van der Waals surface area contributed by atoms with Gasteiger partial charge in [0.1, 0.15) is 10.8 Å². The average molecular weight is 298 g/mol. The van der Waals surface area contributed by atoms with Gasteiger partial charge in [-0.25, -0.2) is 4.39 Å². The van der Waals surface area contributed by atoms with Crippen LogP contribution in [-0.2, 0) is 0 Å². The van der Waals surface area contributed by atoms with Crippen LogP contribution in [0.5, 0.6) is 0 Å².